The van der Waals surface area contributed by atoms with Crippen LogP contribution in [-0.4, -0.2) is 60.9 Å². The van der Waals surface area contributed by atoms with Crippen LogP contribution in [0.2, 0.25) is 0 Å². The molecule has 4 aliphatic heterocycles. The summed E-state index contributed by atoms with van der Waals surface area (Å²) in [5.41, 5.74) is 1.79. The van der Waals surface area contributed by atoms with Crippen LogP contribution in [0.15, 0.2) is 60.7 Å². The second-order valence-corrected chi connectivity index (χ2v) is 11.6. The summed E-state index contributed by atoms with van der Waals surface area (Å²) in [5.74, 6) is -0.119. The largest absolute Gasteiger partial charge is 0.460 e. The smallest absolute Gasteiger partial charge is 0.306 e. The molecule has 0 saturated carbocycles. The van der Waals surface area contributed by atoms with Gasteiger partial charge in [-0.1, -0.05) is 60.7 Å². The summed E-state index contributed by atoms with van der Waals surface area (Å²) in [6.07, 6.45) is 4.00. The summed E-state index contributed by atoms with van der Waals surface area (Å²) in [7, 11) is 0. The first-order valence-electron chi connectivity index (χ1n) is 14.5. The van der Waals surface area contributed by atoms with Gasteiger partial charge in [0.25, 0.3) is 0 Å². The molecular formula is C32H40O7. The first-order chi connectivity index (χ1) is 19.1. The van der Waals surface area contributed by atoms with Crippen LogP contribution in [0.5, 0.6) is 0 Å². The van der Waals surface area contributed by atoms with E-state index >= 15 is 0 Å². The second kappa shape index (κ2) is 12.1. The Labute approximate surface area is 231 Å². The van der Waals surface area contributed by atoms with Crippen molar-refractivity contribution >= 4 is 5.97 Å². The summed E-state index contributed by atoms with van der Waals surface area (Å²) in [6, 6.07) is 20.5. The van der Waals surface area contributed by atoms with E-state index in [0.29, 0.717) is 32.7 Å². The Hall–Kier alpha value is -2.29. The third-order valence-corrected chi connectivity index (χ3v) is 8.68. The lowest BCUT2D eigenvalue weighted by Crippen LogP contribution is -2.63. The zero-order valence-corrected chi connectivity index (χ0v) is 22.7. The normalized spacial score (nSPS) is 36.4. The summed E-state index contributed by atoms with van der Waals surface area (Å²) < 4.78 is 38.6. The van der Waals surface area contributed by atoms with Gasteiger partial charge in [-0.2, -0.15) is 0 Å². The van der Waals surface area contributed by atoms with Crippen LogP contribution in [-0.2, 0) is 46.4 Å². The van der Waals surface area contributed by atoms with Gasteiger partial charge in [-0.05, 0) is 43.7 Å². The number of hydrogen-bond acceptors (Lipinski definition) is 7. The fraction of sp³-hybridized carbons (Fsp3) is 0.594. The Morgan fingerprint density at radius 3 is 2.38 bits per heavy atom. The van der Waals surface area contributed by atoms with Crippen LogP contribution in [0.4, 0.5) is 0 Å². The standard InChI is InChI=1S/C32H40O7/c1-32-16-15-26-25(13-8-14-30(33)38-26)37-29(32)18-28-31(39-32)27(35-20-23-11-6-3-7-12-23)17-24(36-28)21-34-19-22-9-4-2-5-10-22/h2-7,9-12,24-29,31H,8,13-21H2,1H3/t24-,25+,26-,27-,28+,29-,31-,32+/m0/s1. The number of carbonyl (C=O) groups excluding carboxylic acids is 1. The van der Waals surface area contributed by atoms with Gasteiger partial charge >= 0.3 is 5.97 Å². The van der Waals surface area contributed by atoms with E-state index in [1.807, 2.05) is 36.4 Å². The van der Waals surface area contributed by atoms with Gasteiger partial charge in [0.15, 0.2) is 0 Å². The third kappa shape index (κ3) is 6.39. The molecule has 210 valence electrons. The van der Waals surface area contributed by atoms with Crippen molar-refractivity contribution in [2.24, 2.45) is 0 Å². The quantitative estimate of drug-likeness (QED) is 0.454. The van der Waals surface area contributed by atoms with E-state index in [1.165, 1.54) is 0 Å². The molecule has 7 heteroatoms. The average molecular weight is 537 g/mol. The van der Waals surface area contributed by atoms with Gasteiger partial charge in [-0.15, -0.1) is 0 Å². The maximum atomic E-state index is 12.1. The molecule has 0 spiro atoms. The molecule has 2 aromatic carbocycles. The maximum absolute atomic E-state index is 12.1. The van der Waals surface area contributed by atoms with Crippen molar-refractivity contribution < 1.29 is 33.2 Å². The summed E-state index contributed by atoms with van der Waals surface area (Å²) in [5, 5.41) is 0. The number of esters is 1. The van der Waals surface area contributed by atoms with Crippen LogP contribution in [0, 0.1) is 0 Å². The number of benzene rings is 2. The molecule has 4 heterocycles. The van der Waals surface area contributed by atoms with Crippen molar-refractivity contribution in [3.05, 3.63) is 71.8 Å². The lowest BCUT2D eigenvalue weighted by molar-refractivity contribution is -0.300. The van der Waals surface area contributed by atoms with Crippen molar-refractivity contribution in [1.29, 1.82) is 0 Å². The minimum Gasteiger partial charge on any atom is -0.460 e. The third-order valence-electron chi connectivity index (χ3n) is 8.68. The molecule has 0 radical (unpaired) electrons. The molecule has 4 aliphatic rings. The van der Waals surface area contributed by atoms with Crippen molar-refractivity contribution in [2.75, 3.05) is 6.61 Å². The molecule has 4 fully saturated rings. The Balaban J connectivity index is 1.16. The van der Waals surface area contributed by atoms with E-state index in [0.717, 1.165) is 43.2 Å². The van der Waals surface area contributed by atoms with Crippen molar-refractivity contribution in [1.82, 2.24) is 0 Å². The predicted molar refractivity (Wildman–Crippen MR) is 144 cm³/mol. The molecule has 0 N–H and O–H groups in total. The van der Waals surface area contributed by atoms with E-state index in [4.69, 9.17) is 28.4 Å². The lowest BCUT2D eigenvalue weighted by atomic mass is 9.82. The van der Waals surface area contributed by atoms with Gasteiger partial charge in [0.2, 0.25) is 0 Å². The Bertz CT molecular complexity index is 1080. The van der Waals surface area contributed by atoms with Gasteiger partial charge in [0, 0.05) is 19.3 Å². The average Bonchev–Trinajstić information content (AvgIpc) is 3.20. The van der Waals surface area contributed by atoms with Crippen molar-refractivity contribution in [3.8, 4) is 0 Å². The Morgan fingerprint density at radius 1 is 0.872 bits per heavy atom. The monoisotopic (exact) mass is 536 g/mol. The van der Waals surface area contributed by atoms with E-state index in [1.54, 1.807) is 0 Å². The van der Waals surface area contributed by atoms with Gasteiger partial charge in [-0.25, -0.2) is 0 Å². The van der Waals surface area contributed by atoms with Gasteiger partial charge < -0.3 is 28.4 Å². The highest BCUT2D eigenvalue weighted by Gasteiger charge is 2.55. The van der Waals surface area contributed by atoms with E-state index in [9.17, 15) is 4.79 Å². The van der Waals surface area contributed by atoms with Crippen LogP contribution in [0.1, 0.15) is 63.0 Å². The number of ether oxygens (including phenoxy) is 6. The number of fused-ring (bicyclic) bond motifs is 3. The number of rotatable bonds is 7. The highest BCUT2D eigenvalue weighted by atomic mass is 16.6. The Kier molecular flexibility index (Phi) is 8.33. The zero-order valence-electron chi connectivity index (χ0n) is 22.7. The van der Waals surface area contributed by atoms with Crippen molar-refractivity contribution in [3.63, 3.8) is 0 Å². The highest BCUT2D eigenvalue weighted by Crippen LogP contribution is 2.45. The molecule has 0 amide bonds. The zero-order chi connectivity index (χ0) is 26.7. The van der Waals surface area contributed by atoms with Crippen molar-refractivity contribution in [2.45, 2.75) is 113 Å². The van der Waals surface area contributed by atoms with Crippen LogP contribution >= 0.6 is 0 Å². The fourth-order valence-corrected chi connectivity index (χ4v) is 6.53. The van der Waals surface area contributed by atoms with Crippen LogP contribution < -0.4 is 0 Å². The summed E-state index contributed by atoms with van der Waals surface area (Å²) in [6.45, 7) is 3.70. The molecule has 0 unspecified atom stereocenters. The van der Waals surface area contributed by atoms with Gasteiger partial charge in [-0.3, -0.25) is 4.79 Å². The van der Waals surface area contributed by atoms with E-state index in [2.05, 4.69) is 31.2 Å². The van der Waals surface area contributed by atoms with Crippen LogP contribution in [0.25, 0.3) is 0 Å². The highest BCUT2D eigenvalue weighted by molar-refractivity contribution is 5.69. The fourth-order valence-electron chi connectivity index (χ4n) is 6.53. The van der Waals surface area contributed by atoms with Gasteiger partial charge in [0.05, 0.1) is 55.9 Å². The molecule has 8 atom stereocenters. The SMILES string of the molecule is C[C@@]12CC[C@@H]3OC(=O)CCC[C@H]3O[C@H]1C[C@H]1O[C@H](COCc3ccccc3)C[C@H](OCc3ccccc3)[C@@H]1O2. The number of hydrogen-bond donors (Lipinski definition) is 0. The van der Waals surface area contributed by atoms with E-state index in [-0.39, 0.29) is 48.7 Å². The van der Waals surface area contributed by atoms with Gasteiger partial charge in [0.1, 0.15) is 12.2 Å². The second-order valence-electron chi connectivity index (χ2n) is 11.6. The Morgan fingerprint density at radius 2 is 1.62 bits per heavy atom. The molecule has 0 aromatic heterocycles. The molecule has 0 bridgehead atoms. The lowest BCUT2D eigenvalue weighted by Gasteiger charge is -2.52. The molecule has 2 aromatic rings. The number of carbonyl (C=O) groups is 1. The van der Waals surface area contributed by atoms with E-state index < -0.39 is 5.60 Å². The summed E-state index contributed by atoms with van der Waals surface area (Å²) in [4.78, 5) is 12.1. The molecule has 6 rings (SSSR count). The minimum atomic E-state index is -0.492. The van der Waals surface area contributed by atoms with Crippen LogP contribution in [0.3, 0.4) is 0 Å². The first-order valence-corrected chi connectivity index (χ1v) is 14.5. The maximum Gasteiger partial charge on any atom is 0.306 e. The molecule has 4 saturated heterocycles. The predicted octanol–water partition coefficient (Wildman–Crippen LogP) is 5.14. The molecule has 0 aliphatic carbocycles. The molecule has 7 nitrogen and oxygen atoms in total. The first kappa shape index (κ1) is 26.9. The summed E-state index contributed by atoms with van der Waals surface area (Å²) >= 11 is 0. The topological polar surface area (TPSA) is 72.5 Å². The minimum absolute atomic E-state index is 0.0952. The molecular weight excluding hydrogens is 496 g/mol. The molecule has 39 heavy (non-hydrogen) atoms.